The Balaban J connectivity index is 1.87. The number of H-pyrrole nitrogens is 1. The smallest absolute Gasteiger partial charge is 0.231 e. The van der Waals surface area contributed by atoms with Crippen molar-refractivity contribution in [3.05, 3.63) is 30.1 Å². The minimum absolute atomic E-state index is 0.0345. The van der Waals surface area contributed by atoms with Crippen LogP contribution in [-0.4, -0.2) is 34.2 Å². The Morgan fingerprint density at radius 1 is 1.38 bits per heavy atom. The van der Waals surface area contributed by atoms with Crippen LogP contribution in [0.2, 0.25) is 0 Å². The average Bonchev–Trinajstić information content (AvgIpc) is 3.09. The molecule has 1 aliphatic heterocycles. The Morgan fingerprint density at radius 3 is 2.86 bits per heavy atom. The van der Waals surface area contributed by atoms with Crippen molar-refractivity contribution in [3.63, 3.8) is 0 Å². The van der Waals surface area contributed by atoms with E-state index in [0.29, 0.717) is 12.4 Å². The topological polar surface area (TPSA) is 82.7 Å². The Hall–Kier alpha value is -2.21. The van der Waals surface area contributed by atoms with Gasteiger partial charge in [-0.3, -0.25) is 9.89 Å². The third-order valence-electron chi connectivity index (χ3n) is 3.93. The van der Waals surface area contributed by atoms with E-state index in [0.717, 1.165) is 30.0 Å². The summed E-state index contributed by atoms with van der Waals surface area (Å²) < 4.78 is 0. The first-order valence-corrected chi connectivity index (χ1v) is 7.09. The molecule has 2 heterocycles. The van der Waals surface area contributed by atoms with Crippen LogP contribution in [-0.2, 0) is 4.79 Å². The molecule has 1 unspecified atom stereocenters. The molecule has 2 aromatic rings. The van der Waals surface area contributed by atoms with E-state index in [1.165, 1.54) is 0 Å². The molecule has 1 atom stereocenters. The number of hydrogen-bond donors (Lipinski definition) is 3. The highest BCUT2D eigenvalue weighted by Crippen LogP contribution is 2.30. The van der Waals surface area contributed by atoms with Gasteiger partial charge in [0, 0.05) is 12.1 Å². The number of aryl methyl sites for hydroxylation is 1. The maximum atomic E-state index is 12.5. The van der Waals surface area contributed by atoms with Crippen LogP contribution in [0.1, 0.15) is 19.2 Å². The molecule has 0 spiro atoms. The molecule has 1 aromatic carbocycles. The number of anilines is 1. The second-order valence-corrected chi connectivity index (χ2v) is 5.73. The fourth-order valence-corrected chi connectivity index (χ4v) is 2.53. The van der Waals surface area contributed by atoms with Gasteiger partial charge in [0.2, 0.25) is 5.91 Å². The lowest BCUT2D eigenvalue weighted by atomic mass is 9.88. The van der Waals surface area contributed by atoms with Gasteiger partial charge in [0.25, 0.3) is 0 Å². The fraction of sp³-hybridized carbons (Fsp3) is 0.400. The molecule has 110 valence electrons. The minimum Gasteiger partial charge on any atom is -0.325 e. The van der Waals surface area contributed by atoms with E-state index >= 15 is 0 Å². The van der Waals surface area contributed by atoms with Gasteiger partial charge in [-0.15, -0.1) is 0 Å². The maximum Gasteiger partial charge on any atom is 0.231 e. The Labute approximate surface area is 123 Å². The van der Waals surface area contributed by atoms with Gasteiger partial charge in [-0.1, -0.05) is 12.1 Å². The number of hydrogen-bond acceptors (Lipinski definition) is 4. The highest BCUT2D eigenvalue weighted by Gasteiger charge is 2.36. The van der Waals surface area contributed by atoms with E-state index in [1.54, 1.807) is 0 Å². The molecule has 3 N–H and O–H groups in total. The average molecular weight is 285 g/mol. The normalized spacial score (nSPS) is 21.4. The minimum atomic E-state index is -0.359. The first-order chi connectivity index (χ1) is 10.1. The van der Waals surface area contributed by atoms with Gasteiger partial charge in [-0.2, -0.15) is 5.10 Å². The van der Waals surface area contributed by atoms with Crippen molar-refractivity contribution in [2.75, 3.05) is 18.4 Å². The van der Waals surface area contributed by atoms with Crippen LogP contribution in [0, 0.1) is 12.3 Å². The molecular formula is C15H19N5O. The number of carbonyl (C=O) groups excluding carboxylic acids is 1. The summed E-state index contributed by atoms with van der Waals surface area (Å²) >= 11 is 0. The molecule has 0 aliphatic carbocycles. The van der Waals surface area contributed by atoms with E-state index in [-0.39, 0.29) is 11.3 Å². The quantitative estimate of drug-likeness (QED) is 0.802. The van der Waals surface area contributed by atoms with E-state index in [1.807, 2.05) is 38.1 Å². The van der Waals surface area contributed by atoms with Crippen molar-refractivity contribution < 1.29 is 4.79 Å². The van der Waals surface area contributed by atoms with E-state index in [2.05, 4.69) is 25.8 Å². The molecule has 6 nitrogen and oxygen atoms in total. The number of benzene rings is 1. The molecule has 0 radical (unpaired) electrons. The second kappa shape index (κ2) is 5.29. The van der Waals surface area contributed by atoms with Crippen LogP contribution in [0.15, 0.2) is 24.3 Å². The van der Waals surface area contributed by atoms with Crippen LogP contribution in [0.3, 0.4) is 0 Å². The molecule has 0 bridgehead atoms. The third-order valence-corrected chi connectivity index (χ3v) is 3.93. The zero-order valence-electron chi connectivity index (χ0n) is 12.2. The zero-order chi connectivity index (χ0) is 14.9. The van der Waals surface area contributed by atoms with E-state index in [4.69, 9.17) is 0 Å². The van der Waals surface area contributed by atoms with Crippen LogP contribution >= 0.6 is 0 Å². The predicted molar refractivity (Wildman–Crippen MR) is 80.8 cm³/mol. The van der Waals surface area contributed by atoms with Crippen LogP contribution in [0.4, 0.5) is 5.69 Å². The van der Waals surface area contributed by atoms with E-state index in [9.17, 15) is 4.79 Å². The molecule has 1 aromatic heterocycles. The zero-order valence-corrected chi connectivity index (χ0v) is 12.2. The molecule has 0 saturated carbocycles. The maximum absolute atomic E-state index is 12.5. The highest BCUT2D eigenvalue weighted by atomic mass is 16.2. The van der Waals surface area contributed by atoms with Crippen LogP contribution in [0.25, 0.3) is 11.4 Å². The number of aromatic amines is 1. The van der Waals surface area contributed by atoms with Gasteiger partial charge in [-0.25, -0.2) is 4.98 Å². The summed E-state index contributed by atoms with van der Waals surface area (Å²) in [6.07, 6.45) is 0.848. The molecule has 1 amide bonds. The summed E-state index contributed by atoms with van der Waals surface area (Å²) in [6, 6.07) is 7.60. The molecular weight excluding hydrogens is 266 g/mol. The van der Waals surface area contributed by atoms with Gasteiger partial charge in [0.15, 0.2) is 5.82 Å². The molecule has 6 heteroatoms. The summed E-state index contributed by atoms with van der Waals surface area (Å²) in [7, 11) is 0. The second-order valence-electron chi connectivity index (χ2n) is 5.73. The first kappa shape index (κ1) is 13.8. The Bertz CT molecular complexity index is 658. The molecule has 1 saturated heterocycles. The van der Waals surface area contributed by atoms with Gasteiger partial charge in [-0.05, 0) is 38.9 Å². The lowest BCUT2D eigenvalue weighted by Crippen LogP contribution is -2.35. The van der Waals surface area contributed by atoms with Crippen molar-refractivity contribution in [1.82, 2.24) is 20.5 Å². The summed E-state index contributed by atoms with van der Waals surface area (Å²) in [6.45, 7) is 5.43. The predicted octanol–water partition coefficient (Wildman–Crippen LogP) is 1.72. The van der Waals surface area contributed by atoms with Gasteiger partial charge >= 0.3 is 0 Å². The Kier molecular flexibility index (Phi) is 3.47. The van der Waals surface area contributed by atoms with E-state index < -0.39 is 0 Å². The standard InChI is InChI=1S/C15H19N5O/c1-10-17-13(20-19-10)11-5-3-4-6-12(11)18-14(21)15(2)7-8-16-9-15/h3-6,16H,7-9H2,1-2H3,(H,18,21)(H,17,19,20). The number of aromatic nitrogens is 3. The number of amides is 1. The molecule has 3 rings (SSSR count). The lowest BCUT2D eigenvalue weighted by molar-refractivity contribution is -0.123. The third kappa shape index (κ3) is 2.67. The van der Waals surface area contributed by atoms with Gasteiger partial charge in [0.1, 0.15) is 5.82 Å². The van der Waals surface area contributed by atoms with Crippen LogP contribution in [0.5, 0.6) is 0 Å². The number of nitrogens with one attached hydrogen (secondary N) is 3. The summed E-state index contributed by atoms with van der Waals surface area (Å²) in [4.78, 5) is 16.9. The van der Waals surface area contributed by atoms with Gasteiger partial charge < -0.3 is 10.6 Å². The summed E-state index contributed by atoms with van der Waals surface area (Å²) in [5, 5.41) is 13.3. The number of para-hydroxylation sites is 1. The number of nitrogens with zero attached hydrogens (tertiary/aromatic N) is 2. The Morgan fingerprint density at radius 2 is 2.19 bits per heavy atom. The summed E-state index contributed by atoms with van der Waals surface area (Å²) in [5.41, 5.74) is 1.21. The van der Waals surface area contributed by atoms with Crippen LogP contribution < -0.4 is 10.6 Å². The van der Waals surface area contributed by atoms with Crippen molar-refractivity contribution in [3.8, 4) is 11.4 Å². The molecule has 1 aliphatic rings. The monoisotopic (exact) mass is 285 g/mol. The van der Waals surface area contributed by atoms with Gasteiger partial charge in [0.05, 0.1) is 11.1 Å². The van der Waals surface area contributed by atoms with Crippen molar-refractivity contribution in [2.45, 2.75) is 20.3 Å². The number of carbonyl (C=O) groups is 1. The summed E-state index contributed by atoms with van der Waals surface area (Å²) in [5.74, 6) is 1.38. The van der Waals surface area contributed by atoms with Crippen molar-refractivity contribution in [2.24, 2.45) is 5.41 Å². The van der Waals surface area contributed by atoms with Crippen molar-refractivity contribution >= 4 is 11.6 Å². The highest BCUT2D eigenvalue weighted by molar-refractivity contribution is 5.98. The first-order valence-electron chi connectivity index (χ1n) is 7.09. The lowest BCUT2D eigenvalue weighted by Gasteiger charge is -2.22. The molecule has 21 heavy (non-hydrogen) atoms. The molecule has 1 fully saturated rings. The fourth-order valence-electron chi connectivity index (χ4n) is 2.53. The SMILES string of the molecule is Cc1nc(-c2ccccc2NC(=O)C2(C)CCNC2)n[nH]1. The number of rotatable bonds is 3. The largest absolute Gasteiger partial charge is 0.325 e. The van der Waals surface area contributed by atoms with Crippen molar-refractivity contribution in [1.29, 1.82) is 0 Å².